The summed E-state index contributed by atoms with van der Waals surface area (Å²) >= 11 is 0. The van der Waals surface area contributed by atoms with Crippen LogP contribution in [0.3, 0.4) is 0 Å². The number of alkyl halides is 2. The summed E-state index contributed by atoms with van der Waals surface area (Å²) in [5.41, 5.74) is 7.99. The molecule has 11 heteroatoms. The third-order valence-corrected chi connectivity index (χ3v) is 6.34. The van der Waals surface area contributed by atoms with Crippen LogP contribution in [0, 0.1) is 0 Å². The zero-order valence-electron chi connectivity index (χ0n) is 19.2. The number of aliphatic imine (C=N–C) groups is 1. The maximum atomic E-state index is 13.4. The molecule has 2 fully saturated rings. The number of ether oxygens (including phenoxy) is 1. The van der Waals surface area contributed by atoms with E-state index >= 15 is 0 Å². The number of halogens is 2. The minimum Gasteiger partial charge on any atom is -0.380 e. The quantitative estimate of drug-likeness (QED) is 0.454. The zero-order valence-corrected chi connectivity index (χ0v) is 19.2. The number of nitrogens with zero attached hydrogens (tertiary/aromatic N) is 6. The van der Waals surface area contributed by atoms with Crippen molar-refractivity contribution in [2.75, 3.05) is 39.4 Å². The molecule has 2 aliphatic rings. The molecule has 2 saturated heterocycles. The van der Waals surface area contributed by atoms with Gasteiger partial charge in [0.25, 0.3) is 11.8 Å². The number of hydrogen-bond acceptors (Lipinski definition) is 5. The van der Waals surface area contributed by atoms with Gasteiger partial charge in [0.05, 0.1) is 24.1 Å². The average molecular weight is 484 g/mol. The van der Waals surface area contributed by atoms with Crippen molar-refractivity contribution in [1.29, 1.82) is 0 Å². The van der Waals surface area contributed by atoms with Crippen LogP contribution in [0.25, 0.3) is 16.7 Å². The van der Waals surface area contributed by atoms with Crippen molar-refractivity contribution >= 4 is 28.7 Å². The van der Waals surface area contributed by atoms with E-state index in [9.17, 15) is 13.6 Å². The van der Waals surface area contributed by atoms with E-state index in [1.54, 1.807) is 18.3 Å². The van der Waals surface area contributed by atoms with Crippen LogP contribution >= 0.6 is 0 Å². The molecule has 5 heterocycles. The molecule has 0 aromatic carbocycles. The van der Waals surface area contributed by atoms with Gasteiger partial charge in [0.15, 0.2) is 11.8 Å². The van der Waals surface area contributed by atoms with Gasteiger partial charge < -0.3 is 20.3 Å². The lowest BCUT2D eigenvalue weighted by Crippen LogP contribution is -2.42. The summed E-state index contributed by atoms with van der Waals surface area (Å²) in [6.45, 7) is 2.93. The number of nitrogens with two attached hydrogens (primary N) is 1. The summed E-state index contributed by atoms with van der Waals surface area (Å²) in [5.74, 6) is -2.06. The van der Waals surface area contributed by atoms with E-state index in [4.69, 9.17) is 10.5 Å². The van der Waals surface area contributed by atoms with Gasteiger partial charge in [-0.15, -0.1) is 0 Å². The van der Waals surface area contributed by atoms with E-state index in [0.717, 1.165) is 30.6 Å². The third-order valence-electron chi connectivity index (χ3n) is 6.34. The van der Waals surface area contributed by atoms with Crippen molar-refractivity contribution in [1.82, 2.24) is 24.3 Å². The number of guanidine groups is 1. The van der Waals surface area contributed by atoms with Crippen LogP contribution < -0.4 is 5.73 Å². The smallest absolute Gasteiger partial charge is 0.255 e. The van der Waals surface area contributed by atoms with Crippen molar-refractivity contribution in [3.05, 3.63) is 48.4 Å². The highest BCUT2D eigenvalue weighted by Crippen LogP contribution is 2.29. The monoisotopic (exact) mass is 483 g/mol. The summed E-state index contributed by atoms with van der Waals surface area (Å²) in [4.78, 5) is 29.6. The van der Waals surface area contributed by atoms with Gasteiger partial charge in [-0.3, -0.25) is 9.36 Å². The van der Waals surface area contributed by atoms with E-state index in [2.05, 4.69) is 15.0 Å². The number of amides is 1. The second kappa shape index (κ2) is 9.57. The Morgan fingerprint density at radius 1 is 1.03 bits per heavy atom. The lowest BCUT2D eigenvalue weighted by Gasteiger charge is -2.31. The highest BCUT2D eigenvalue weighted by Gasteiger charge is 2.35. The molecular formula is C24H27F2N7O2. The Hall–Kier alpha value is -3.60. The number of rotatable bonds is 3. The van der Waals surface area contributed by atoms with Gasteiger partial charge in [-0.05, 0) is 30.7 Å². The molecule has 3 aromatic rings. The number of carbonyl (C=O) groups is 1. The largest absolute Gasteiger partial charge is 0.380 e. The summed E-state index contributed by atoms with van der Waals surface area (Å²) in [7, 11) is 0. The van der Waals surface area contributed by atoms with Crippen LogP contribution in [-0.4, -0.2) is 81.5 Å². The first-order valence-corrected chi connectivity index (χ1v) is 11.7. The number of piperidine rings is 1. The Kier molecular flexibility index (Phi) is 6.33. The first-order chi connectivity index (χ1) is 16.9. The van der Waals surface area contributed by atoms with Crippen molar-refractivity contribution in [3.8, 4) is 5.69 Å². The topological polar surface area (TPSA) is 102 Å². The molecule has 3 aromatic heterocycles. The summed E-state index contributed by atoms with van der Waals surface area (Å²) in [5, 5.41) is 0.771. The van der Waals surface area contributed by atoms with E-state index < -0.39 is 5.92 Å². The maximum absolute atomic E-state index is 13.4. The molecule has 2 N–H and O–H groups in total. The molecule has 0 bridgehead atoms. The van der Waals surface area contributed by atoms with E-state index in [0.29, 0.717) is 36.1 Å². The molecule has 5 rings (SSSR count). The number of fused-ring (bicyclic) bond motifs is 1. The van der Waals surface area contributed by atoms with Crippen LogP contribution in [0.4, 0.5) is 14.6 Å². The molecule has 35 heavy (non-hydrogen) atoms. The fourth-order valence-corrected chi connectivity index (χ4v) is 4.32. The van der Waals surface area contributed by atoms with Crippen molar-refractivity contribution in [3.63, 3.8) is 0 Å². The lowest BCUT2D eigenvalue weighted by atomic mass is 10.1. The number of likely N-dealkylation sites (tertiary alicyclic amines) is 1. The second-order valence-corrected chi connectivity index (χ2v) is 8.77. The molecule has 0 atom stereocenters. The molecule has 0 saturated carbocycles. The normalized spacial score (nSPS) is 19.1. The number of aromatic nitrogens is 3. The van der Waals surface area contributed by atoms with Gasteiger partial charge in [0.1, 0.15) is 5.65 Å². The lowest BCUT2D eigenvalue weighted by molar-refractivity contribution is -0.0494. The molecule has 9 nitrogen and oxygen atoms in total. The molecule has 0 radical (unpaired) electrons. The SMILES string of the molecule is NC(=Nc1ccc(-n2ccc3cc(C(=O)N4CCC(F)(F)CC4)cnc32)cn1)N1CCCOCC1. The van der Waals surface area contributed by atoms with Crippen molar-refractivity contribution < 1.29 is 18.3 Å². The highest BCUT2D eigenvalue weighted by molar-refractivity contribution is 5.97. The molecule has 0 unspecified atom stereocenters. The minimum absolute atomic E-state index is 0.0431. The van der Waals surface area contributed by atoms with Gasteiger partial charge in [-0.1, -0.05) is 0 Å². The van der Waals surface area contributed by atoms with Gasteiger partial charge >= 0.3 is 0 Å². The van der Waals surface area contributed by atoms with Crippen LogP contribution in [0.2, 0.25) is 0 Å². The van der Waals surface area contributed by atoms with E-state index in [1.807, 2.05) is 27.8 Å². The van der Waals surface area contributed by atoms with E-state index in [1.165, 1.54) is 11.1 Å². The predicted octanol–water partition coefficient (Wildman–Crippen LogP) is 2.96. The molecule has 1 amide bonds. The van der Waals surface area contributed by atoms with Gasteiger partial charge in [-0.25, -0.2) is 18.7 Å². The van der Waals surface area contributed by atoms with Crippen molar-refractivity contribution in [2.24, 2.45) is 10.7 Å². The minimum atomic E-state index is -2.70. The first kappa shape index (κ1) is 23.2. The van der Waals surface area contributed by atoms with Gasteiger partial charge in [0, 0.05) is 63.4 Å². The summed E-state index contributed by atoms with van der Waals surface area (Å²) in [6.07, 6.45) is 5.31. The van der Waals surface area contributed by atoms with Gasteiger partial charge in [0.2, 0.25) is 0 Å². The molecule has 0 aliphatic carbocycles. The zero-order chi connectivity index (χ0) is 24.4. The number of pyridine rings is 2. The fourth-order valence-electron chi connectivity index (χ4n) is 4.32. The first-order valence-electron chi connectivity index (χ1n) is 11.7. The van der Waals surface area contributed by atoms with E-state index in [-0.39, 0.29) is 31.8 Å². The van der Waals surface area contributed by atoms with Crippen LogP contribution in [-0.2, 0) is 4.74 Å². The fraction of sp³-hybridized carbons (Fsp3) is 0.417. The van der Waals surface area contributed by atoms with Crippen LogP contribution in [0.15, 0.2) is 47.8 Å². The Morgan fingerprint density at radius 2 is 1.86 bits per heavy atom. The average Bonchev–Trinajstić information content (AvgIpc) is 3.08. The number of hydrogen-bond donors (Lipinski definition) is 1. The number of carbonyl (C=O) groups excluding carboxylic acids is 1. The molecule has 184 valence electrons. The Bertz CT molecular complexity index is 1220. The van der Waals surface area contributed by atoms with Gasteiger partial charge in [-0.2, -0.15) is 4.99 Å². The van der Waals surface area contributed by atoms with Crippen molar-refractivity contribution in [2.45, 2.75) is 25.2 Å². The predicted molar refractivity (Wildman–Crippen MR) is 127 cm³/mol. The Morgan fingerprint density at radius 3 is 2.63 bits per heavy atom. The molecule has 2 aliphatic heterocycles. The second-order valence-electron chi connectivity index (χ2n) is 8.77. The molecule has 0 spiro atoms. The molecular weight excluding hydrogens is 456 g/mol. The van der Waals surface area contributed by atoms with Crippen LogP contribution in [0.5, 0.6) is 0 Å². The Balaban J connectivity index is 1.31. The third kappa shape index (κ3) is 5.09. The van der Waals surface area contributed by atoms with Crippen LogP contribution in [0.1, 0.15) is 29.6 Å². The standard InChI is InChI=1S/C24H27F2N7O2/c25-24(26)5-9-31(10-6-24)22(34)18-14-17-4-8-33(21(17)29-15-18)19-2-3-20(28-16-19)30-23(27)32-7-1-12-35-13-11-32/h2-4,8,14-16H,1,5-7,9-13H2,(H2,27,28,30). The summed E-state index contributed by atoms with van der Waals surface area (Å²) in [6, 6.07) is 7.26. The summed E-state index contributed by atoms with van der Waals surface area (Å²) < 4.78 is 34.2. The Labute approximate surface area is 201 Å². The highest BCUT2D eigenvalue weighted by atomic mass is 19.3. The maximum Gasteiger partial charge on any atom is 0.255 e.